The highest BCUT2D eigenvalue weighted by molar-refractivity contribution is 5.68. The number of morpholine rings is 1. The van der Waals surface area contributed by atoms with Gasteiger partial charge in [-0.05, 0) is 34.4 Å². The van der Waals surface area contributed by atoms with E-state index in [4.69, 9.17) is 4.74 Å². The van der Waals surface area contributed by atoms with Crippen molar-refractivity contribution in [2.75, 3.05) is 19.7 Å². The predicted molar refractivity (Wildman–Crippen MR) is 107 cm³/mol. The van der Waals surface area contributed by atoms with Crippen LogP contribution in [0.15, 0.2) is 78.9 Å². The first-order chi connectivity index (χ1) is 14.0. The average molecular weight is 397 g/mol. The second-order valence-corrected chi connectivity index (χ2v) is 7.25. The summed E-state index contributed by atoms with van der Waals surface area (Å²) in [6.07, 6.45) is -4.36. The number of hydrogen-bond donors (Lipinski definition) is 0. The average Bonchev–Trinajstić information content (AvgIpc) is 2.74. The first-order valence-electron chi connectivity index (χ1n) is 9.65. The van der Waals surface area contributed by atoms with Crippen LogP contribution in [-0.4, -0.2) is 24.6 Å². The van der Waals surface area contributed by atoms with Gasteiger partial charge < -0.3 is 4.74 Å². The molecule has 1 aliphatic heterocycles. The van der Waals surface area contributed by atoms with E-state index in [1.807, 2.05) is 36.4 Å². The van der Waals surface area contributed by atoms with E-state index in [0.29, 0.717) is 18.7 Å². The van der Waals surface area contributed by atoms with Gasteiger partial charge in [-0.1, -0.05) is 66.7 Å². The zero-order valence-corrected chi connectivity index (χ0v) is 15.9. The van der Waals surface area contributed by atoms with Gasteiger partial charge in [0.2, 0.25) is 0 Å². The molecular formula is C24H22F3NO. The molecule has 150 valence electrons. The summed E-state index contributed by atoms with van der Waals surface area (Å²) in [4.78, 5) is 2.29. The Kier molecular flexibility index (Phi) is 5.69. The van der Waals surface area contributed by atoms with Crippen molar-refractivity contribution in [2.45, 2.75) is 18.8 Å². The van der Waals surface area contributed by atoms with Crippen molar-refractivity contribution in [3.8, 4) is 11.1 Å². The molecule has 3 aromatic rings. The molecule has 1 aliphatic rings. The van der Waals surface area contributed by atoms with Crippen LogP contribution in [0.3, 0.4) is 0 Å². The lowest BCUT2D eigenvalue weighted by molar-refractivity contribution is -0.137. The molecule has 0 aliphatic carbocycles. The molecule has 1 saturated heterocycles. The van der Waals surface area contributed by atoms with Crippen molar-refractivity contribution >= 4 is 0 Å². The molecule has 0 aromatic heterocycles. The topological polar surface area (TPSA) is 12.5 Å². The molecule has 0 bridgehead atoms. The SMILES string of the molecule is FC(F)(F)c1ccccc1-c1cccc(CN2CCOC(c3ccccc3)C2)c1. The highest BCUT2D eigenvalue weighted by Gasteiger charge is 2.33. The van der Waals surface area contributed by atoms with E-state index in [2.05, 4.69) is 17.0 Å². The van der Waals surface area contributed by atoms with E-state index >= 15 is 0 Å². The molecule has 4 rings (SSSR count). The first kappa shape index (κ1) is 19.7. The normalized spacial score (nSPS) is 18.0. The van der Waals surface area contributed by atoms with Crippen molar-refractivity contribution in [3.05, 3.63) is 95.6 Å². The van der Waals surface area contributed by atoms with E-state index in [0.717, 1.165) is 30.3 Å². The van der Waals surface area contributed by atoms with E-state index in [1.54, 1.807) is 12.1 Å². The van der Waals surface area contributed by atoms with E-state index in [-0.39, 0.29) is 11.7 Å². The Morgan fingerprint density at radius 2 is 1.66 bits per heavy atom. The molecule has 0 N–H and O–H groups in total. The van der Waals surface area contributed by atoms with Gasteiger partial charge in [0.1, 0.15) is 0 Å². The Labute approximate surface area is 168 Å². The molecular weight excluding hydrogens is 375 g/mol. The minimum Gasteiger partial charge on any atom is -0.371 e. The lowest BCUT2D eigenvalue weighted by Crippen LogP contribution is -2.37. The number of nitrogens with zero attached hydrogens (tertiary/aromatic N) is 1. The Morgan fingerprint density at radius 1 is 0.897 bits per heavy atom. The summed E-state index contributed by atoms with van der Waals surface area (Å²) in [5, 5.41) is 0. The van der Waals surface area contributed by atoms with Crippen LogP contribution in [0.25, 0.3) is 11.1 Å². The molecule has 0 radical (unpaired) electrons. The minimum atomic E-state index is -4.38. The van der Waals surface area contributed by atoms with Gasteiger partial charge in [-0.15, -0.1) is 0 Å². The summed E-state index contributed by atoms with van der Waals surface area (Å²) in [5.74, 6) is 0. The van der Waals surface area contributed by atoms with Gasteiger partial charge in [-0.25, -0.2) is 0 Å². The van der Waals surface area contributed by atoms with E-state index < -0.39 is 11.7 Å². The van der Waals surface area contributed by atoms with Crippen LogP contribution in [0.2, 0.25) is 0 Å². The standard InChI is InChI=1S/C24H22F3NO/c25-24(26,27)22-12-5-4-11-21(22)20-10-6-7-18(15-20)16-28-13-14-29-23(17-28)19-8-2-1-3-9-19/h1-12,15,23H,13-14,16-17H2. The third-order valence-corrected chi connectivity index (χ3v) is 5.20. The summed E-state index contributed by atoms with van der Waals surface area (Å²) >= 11 is 0. The Bertz CT molecular complexity index is 956. The van der Waals surface area contributed by atoms with Crippen LogP contribution in [0.5, 0.6) is 0 Å². The van der Waals surface area contributed by atoms with Crippen molar-refractivity contribution < 1.29 is 17.9 Å². The van der Waals surface area contributed by atoms with E-state index in [9.17, 15) is 13.2 Å². The fourth-order valence-electron chi connectivity index (χ4n) is 3.79. The van der Waals surface area contributed by atoms with Gasteiger partial charge in [0.05, 0.1) is 18.3 Å². The van der Waals surface area contributed by atoms with Crippen molar-refractivity contribution in [2.24, 2.45) is 0 Å². The maximum atomic E-state index is 13.4. The smallest absolute Gasteiger partial charge is 0.371 e. The molecule has 1 unspecified atom stereocenters. The molecule has 0 amide bonds. The molecule has 29 heavy (non-hydrogen) atoms. The quantitative estimate of drug-likeness (QED) is 0.540. The minimum absolute atomic E-state index is 0.0130. The molecule has 5 heteroatoms. The summed E-state index contributed by atoms with van der Waals surface area (Å²) in [6.45, 7) is 2.87. The molecule has 0 saturated carbocycles. The molecule has 1 fully saturated rings. The maximum absolute atomic E-state index is 13.4. The Hall–Kier alpha value is -2.63. The number of benzene rings is 3. The lowest BCUT2D eigenvalue weighted by atomic mass is 9.97. The maximum Gasteiger partial charge on any atom is 0.417 e. The van der Waals surface area contributed by atoms with Gasteiger partial charge in [0, 0.05) is 19.6 Å². The zero-order valence-electron chi connectivity index (χ0n) is 15.9. The van der Waals surface area contributed by atoms with Crippen molar-refractivity contribution in [1.82, 2.24) is 4.90 Å². The third-order valence-electron chi connectivity index (χ3n) is 5.20. The zero-order chi connectivity index (χ0) is 20.3. The number of hydrogen-bond acceptors (Lipinski definition) is 2. The van der Waals surface area contributed by atoms with Crippen LogP contribution >= 0.6 is 0 Å². The fraction of sp³-hybridized carbons (Fsp3) is 0.250. The number of rotatable bonds is 4. The predicted octanol–water partition coefficient (Wildman–Crippen LogP) is 5.95. The summed E-state index contributed by atoms with van der Waals surface area (Å²) < 4.78 is 46.1. The Balaban J connectivity index is 1.53. The third kappa shape index (κ3) is 4.69. The van der Waals surface area contributed by atoms with Gasteiger partial charge in [0.15, 0.2) is 0 Å². The summed E-state index contributed by atoms with van der Waals surface area (Å²) in [5.41, 5.74) is 2.33. The van der Waals surface area contributed by atoms with Gasteiger partial charge in [0.25, 0.3) is 0 Å². The number of alkyl halides is 3. The van der Waals surface area contributed by atoms with Crippen molar-refractivity contribution in [1.29, 1.82) is 0 Å². The molecule has 0 spiro atoms. The van der Waals surface area contributed by atoms with Crippen LogP contribution in [0, 0.1) is 0 Å². The highest BCUT2D eigenvalue weighted by Crippen LogP contribution is 2.37. The number of ether oxygens (including phenoxy) is 1. The Morgan fingerprint density at radius 3 is 2.45 bits per heavy atom. The van der Waals surface area contributed by atoms with Crippen LogP contribution in [-0.2, 0) is 17.5 Å². The van der Waals surface area contributed by atoms with Crippen LogP contribution < -0.4 is 0 Å². The lowest BCUT2D eigenvalue weighted by Gasteiger charge is -2.33. The second kappa shape index (κ2) is 8.39. The number of halogens is 3. The summed E-state index contributed by atoms with van der Waals surface area (Å²) in [6, 6.07) is 23.2. The molecule has 1 atom stereocenters. The summed E-state index contributed by atoms with van der Waals surface area (Å²) in [7, 11) is 0. The van der Waals surface area contributed by atoms with Gasteiger partial charge >= 0.3 is 6.18 Å². The van der Waals surface area contributed by atoms with Crippen LogP contribution in [0.4, 0.5) is 13.2 Å². The van der Waals surface area contributed by atoms with Gasteiger partial charge in [-0.2, -0.15) is 13.2 Å². The molecule has 2 nitrogen and oxygen atoms in total. The molecule has 3 aromatic carbocycles. The first-order valence-corrected chi connectivity index (χ1v) is 9.65. The fourth-order valence-corrected chi connectivity index (χ4v) is 3.79. The monoisotopic (exact) mass is 397 g/mol. The van der Waals surface area contributed by atoms with Crippen molar-refractivity contribution in [3.63, 3.8) is 0 Å². The largest absolute Gasteiger partial charge is 0.417 e. The molecule has 1 heterocycles. The highest BCUT2D eigenvalue weighted by atomic mass is 19.4. The van der Waals surface area contributed by atoms with E-state index in [1.165, 1.54) is 12.1 Å². The second-order valence-electron chi connectivity index (χ2n) is 7.25. The van der Waals surface area contributed by atoms with Crippen LogP contribution in [0.1, 0.15) is 22.8 Å². The van der Waals surface area contributed by atoms with Gasteiger partial charge in [-0.3, -0.25) is 4.90 Å².